The SMILES string of the molecule is NCCCCC(N)C(=O)NC(CCC(=O)O)C(=O)NC(Cc1ccc(O)cc1)C(=O)NC(CS)C(=O)O. The summed E-state index contributed by atoms with van der Waals surface area (Å²) in [6.07, 6.45) is 0.738. The number of phenols is 1. The van der Waals surface area contributed by atoms with Crippen LogP contribution in [0.1, 0.15) is 37.7 Å². The Bertz CT molecular complexity index is 930. The van der Waals surface area contributed by atoms with Gasteiger partial charge in [-0.05, 0) is 43.5 Å². The molecule has 0 radical (unpaired) electrons. The standard InChI is InChI=1S/C23H35N5O8S/c24-10-2-1-3-15(25)20(32)26-16(8-9-19(30)31)21(33)27-17(11-13-4-6-14(29)7-5-13)22(34)28-18(12-37)23(35)36/h4-7,15-18,29,37H,1-3,8-12,24-25H2,(H,26,32)(H,27,33)(H,28,34)(H,30,31)(H,35,36). The first-order valence-electron chi connectivity index (χ1n) is 11.7. The van der Waals surface area contributed by atoms with Crippen molar-refractivity contribution >= 4 is 42.3 Å². The highest BCUT2D eigenvalue weighted by molar-refractivity contribution is 7.80. The zero-order chi connectivity index (χ0) is 28.0. The summed E-state index contributed by atoms with van der Waals surface area (Å²) in [7, 11) is 0. The molecule has 0 heterocycles. The Balaban J connectivity index is 3.09. The minimum atomic E-state index is -1.33. The fraction of sp³-hybridized carbons (Fsp3) is 0.522. The normalized spacial score (nSPS) is 14.0. The van der Waals surface area contributed by atoms with Gasteiger partial charge in [0.2, 0.25) is 17.7 Å². The number of carboxylic acid groups (broad SMARTS) is 2. The number of amides is 3. The lowest BCUT2D eigenvalue weighted by molar-refractivity contribution is -0.141. The molecule has 0 saturated heterocycles. The van der Waals surface area contributed by atoms with E-state index >= 15 is 0 Å². The lowest BCUT2D eigenvalue weighted by Crippen LogP contribution is -2.57. The summed E-state index contributed by atoms with van der Waals surface area (Å²) in [5.41, 5.74) is 11.8. The minimum absolute atomic E-state index is 0.0194. The topological polar surface area (TPSA) is 234 Å². The van der Waals surface area contributed by atoms with Crippen LogP contribution in [0.3, 0.4) is 0 Å². The first kappa shape index (κ1) is 31.7. The van der Waals surface area contributed by atoms with Crippen LogP contribution in [-0.4, -0.2) is 81.4 Å². The van der Waals surface area contributed by atoms with Gasteiger partial charge in [-0.3, -0.25) is 19.2 Å². The molecule has 3 amide bonds. The highest BCUT2D eigenvalue weighted by atomic mass is 32.1. The summed E-state index contributed by atoms with van der Waals surface area (Å²) in [4.78, 5) is 61.0. The summed E-state index contributed by atoms with van der Waals surface area (Å²) in [6, 6.07) is 0.890. The molecule has 0 aliphatic carbocycles. The van der Waals surface area contributed by atoms with E-state index in [-0.39, 0.29) is 24.3 Å². The zero-order valence-electron chi connectivity index (χ0n) is 20.3. The molecule has 4 atom stereocenters. The highest BCUT2D eigenvalue weighted by Gasteiger charge is 2.30. The molecule has 0 saturated carbocycles. The second-order valence-corrected chi connectivity index (χ2v) is 8.76. The van der Waals surface area contributed by atoms with Crippen LogP contribution < -0.4 is 27.4 Å². The van der Waals surface area contributed by atoms with Crippen LogP contribution in [0.15, 0.2) is 24.3 Å². The summed E-state index contributed by atoms with van der Waals surface area (Å²) in [5, 5.41) is 35.0. The Hall–Kier alpha value is -3.36. The second-order valence-electron chi connectivity index (χ2n) is 8.40. The molecule has 37 heavy (non-hydrogen) atoms. The number of rotatable bonds is 17. The van der Waals surface area contributed by atoms with Gasteiger partial charge in [-0.2, -0.15) is 12.6 Å². The van der Waals surface area contributed by atoms with E-state index in [1.165, 1.54) is 24.3 Å². The number of hydrogen-bond donors (Lipinski definition) is 9. The number of nitrogens with two attached hydrogens (primary N) is 2. The molecule has 206 valence electrons. The van der Waals surface area contributed by atoms with Gasteiger partial charge >= 0.3 is 11.9 Å². The number of unbranched alkanes of at least 4 members (excludes halogenated alkanes) is 1. The molecule has 10 N–H and O–H groups in total. The van der Waals surface area contributed by atoms with E-state index < -0.39 is 60.2 Å². The third-order valence-corrected chi connectivity index (χ3v) is 5.76. The van der Waals surface area contributed by atoms with Crippen LogP contribution in [0.2, 0.25) is 0 Å². The third-order valence-electron chi connectivity index (χ3n) is 5.39. The molecule has 4 unspecified atom stereocenters. The number of benzene rings is 1. The van der Waals surface area contributed by atoms with E-state index in [0.29, 0.717) is 31.4 Å². The first-order valence-corrected chi connectivity index (χ1v) is 12.3. The third kappa shape index (κ3) is 11.9. The molecule has 13 nitrogen and oxygen atoms in total. The quantitative estimate of drug-likeness (QED) is 0.0837. The molecule has 0 fully saturated rings. The Morgan fingerprint density at radius 2 is 1.41 bits per heavy atom. The van der Waals surface area contributed by atoms with Crippen LogP contribution in [-0.2, 0) is 30.4 Å². The number of phenolic OH excluding ortho intramolecular Hbond substituents is 1. The van der Waals surface area contributed by atoms with Crippen molar-refractivity contribution in [3.8, 4) is 5.75 Å². The van der Waals surface area contributed by atoms with Crippen LogP contribution in [0.25, 0.3) is 0 Å². The molecule has 0 spiro atoms. The fourth-order valence-electron chi connectivity index (χ4n) is 3.26. The molecule has 1 rings (SSSR count). The monoisotopic (exact) mass is 541 g/mol. The first-order chi connectivity index (χ1) is 17.5. The van der Waals surface area contributed by atoms with Gasteiger partial charge in [0.15, 0.2) is 0 Å². The van der Waals surface area contributed by atoms with Crippen molar-refractivity contribution in [1.29, 1.82) is 0 Å². The van der Waals surface area contributed by atoms with Gasteiger partial charge in [0.25, 0.3) is 0 Å². The van der Waals surface area contributed by atoms with E-state index in [4.69, 9.17) is 16.6 Å². The lowest BCUT2D eigenvalue weighted by atomic mass is 10.0. The molecular weight excluding hydrogens is 506 g/mol. The summed E-state index contributed by atoms with van der Waals surface area (Å²) >= 11 is 3.91. The van der Waals surface area contributed by atoms with Crippen molar-refractivity contribution in [3.05, 3.63) is 29.8 Å². The smallest absolute Gasteiger partial charge is 0.327 e. The predicted octanol–water partition coefficient (Wildman–Crippen LogP) is -1.28. The Morgan fingerprint density at radius 3 is 1.95 bits per heavy atom. The van der Waals surface area contributed by atoms with E-state index in [2.05, 4.69) is 28.6 Å². The van der Waals surface area contributed by atoms with Gasteiger partial charge < -0.3 is 42.7 Å². The maximum absolute atomic E-state index is 13.1. The molecule has 0 aliphatic rings. The van der Waals surface area contributed by atoms with E-state index in [9.17, 15) is 34.2 Å². The molecule has 1 aromatic carbocycles. The van der Waals surface area contributed by atoms with Gasteiger partial charge in [0, 0.05) is 18.6 Å². The number of hydrogen-bond acceptors (Lipinski definition) is 9. The van der Waals surface area contributed by atoms with Crippen molar-refractivity contribution in [2.75, 3.05) is 12.3 Å². The average Bonchev–Trinajstić information content (AvgIpc) is 2.85. The molecule has 0 aromatic heterocycles. The Kier molecular flexibility index (Phi) is 14.0. The Labute approximate surface area is 219 Å². The number of carboxylic acids is 2. The number of carbonyl (C=O) groups excluding carboxylic acids is 3. The van der Waals surface area contributed by atoms with Crippen LogP contribution in [0, 0.1) is 0 Å². The van der Waals surface area contributed by atoms with Gasteiger partial charge in [0.1, 0.15) is 23.9 Å². The van der Waals surface area contributed by atoms with Crippen LogP contribution >= 0.6 is 12.6 Å². The second kappa shape index (κ2) is 16.4. The average molecular weight is 542 g/mol. The largest absolute Gasteiger partial charge is 0.508 e. The number of aromatic hydroxyl groups is 1. The molecular formula is C23H35N5O8S. The lowest BCUT2D eigenvalue weighted by Gasteiger charge is -2.25. The minimum Gasteiger partial charge on any atom is -0.508 e. The summed E-state index contributed by atoms with van der Waals surface area (Å²) in [5.74, 6) is -5.09. The molecule has 0 aliphatic heterocycles. The van der Waals surface area contributed by atoms with E-state index in [0.717, 1.165) is 0 Å². The maximum Gasteiger partial charge on any atom is 0.327 e. The molecule has 1 aromatic rings. The Morgan fingerprint density at radius 1 is 0.838 bits per heavy atom. The van der Waals surface area contributed by atoms with Gasteiger partial charge in [0.05, 0.1) is 6.04 Å². The fourth-order valence-corrected chi connectivity index (χ4v) is 3.51. The summed E-state index contributed by atoms with van der Waals surface area (Å²) in [6.45, 7) is 0.429. The maximum atomic E-state index is 13.1. The number of carbonyl (C=O) groups is 5. The number of thiol groups is 1. The predicted molar refractivity (Wildman–Crippen MR) is 137 cm³/mol. The number of nitrogens with one attached hydrogen (secondary N) is 3. The van der Waals surface area contributed by atoms with Crippen molar-refractivity contribution in [2.24, 2.45) is 11.5 Å². The van der Waals surface area contributed by atoms with Gasteiger partial charge in [-0.25, -0.2) is 4.79 Å². The zero-order valence-corrected chi connectivity index (χ0v) is 21.2. The number of aliphatic carboxylic acids is 2. The van der Waals surface area contributed by atoms with Crippen molar-refractivity contribution < 1.29 is 39.3 Å². The molecule has 14 heteroatoms. The van der Waals surface area contributed by atoms with Crippen molar-refractivity contribution in [3.63, 3.8) is 0 Å². The van der Waals surface area contributed by atoms with Gasteiger partial charge in [-0.1, -0.05) is 18.6 Å². The van der Waals surface area contributed by atoms with Crippen molar-refractivity contribution in [1.82, 2.24) is 16.0 Å². The van der Waals surface area contributed by atoms with Crippen molar-refractivity contribution in [2.45, 2.75) is 62.7 Å². The summed E-state index contributed by atoms with van der Waals surface area (Å²) < 4.78 is 0. The van der Waals surface area contributed by atoms with E-state index in [1.807, 2.05) is 0 Å². The van der Waals surface area contributed by atoms with Crippen LogP contribution in [0.5, 0.6) is 5.75 Å². The molecule has 0 bridgehead atoms. The highest BCUT2D eigenvalue weighted by Crippen LogP contribution is 2.12. The van der Waals surface area contributed by atoms with Crippen LogP contribution in [0.4, 0.5) is 0 Å². The van der Waals surface area contributed by atoms with E-state index in [1.54, 1.807) is 0 Å². The van der Waals surface area contributed by atoms with Gasteiger partial charge in [-0.15, -0.1) is 0 Å².